The number of hydrogen-bond acceptors (Lipinski definition) is 4. The zero-order chi connectivity index (χ0) is 15.4. The molecule has 2 N–H and O–H groups in total. The third-order valence-corrected chi connectivity index (χ3v) is 3.13. The molecule has 0 bridgehead atoms. The maximum absolute atomic E-state index is 12.2. The quantitative estimate of drug-likeness (QED) is 0.850. The first-order valence-electron chi connectivity index (χ1n) is 6.07. The zero-order valence-electron chi connectivity index (χ0n) is 11.5. The van der Waals surface area contributed by atoms with Crippen LogP contribution in [0.4, 0.5) is 5.69 Å². The summed E-state index contributed by atoms with van der Waals surface area (Å²) in [5, 5.41) is 12.5. The Hall–Kier alpha value is -2.40. The van der Waals surface area contributed by atoms with Crippen LogP contribution in [0.5, 0.6) is 17.2 Å². The maximum Gasteiger partial charge on any atom is 0.255 e. The number of carbonyl (C=O) groups is 1. The van der Waals surface area contributed by atoms with Gasteiger partial charge >= 0.3 is 0 Å². The first-order chi connectivity index (χ1) is 10.1. The molecule has 110 valence electrons. The molecule has 0 aliphatic carbocycles. The van der Waals surface area contributed by atoms with Crippen molar-refractivity contribution in [2.24, 2.45) is 0 Å². The highest BCUT2D eigenvalue weighted by molar-refractivity contribution is 6.32. The molecule has 0 unspecified atom stereocenters. The van der Waals surface area contributed by atoms with Gasteiger partial charge < -0.3 is 19.9 Å². The van der Waals surface area contributed by atoms with Gasteiger partial charge in [-0.1, -0.05) is 23.7 Å². The lowest BCUT2D eigenvalue weighted by atomic mass is 10.1. The molecule has 21 heavy (non-hydrogen) atoms. The normalized spacial score (nSPS) is 10.0. The molecule has 0 aliphatic rings. The molecule has 0 spiro atoms. The SMILES string of the molecule is COc1cc(C(=O)Nc2ccccc2O)cc(Cl)c1OC. The number of nitrogens with one attached hydrogen (secondary N) is 1. The Bertz CT molecular complexity index is 673. The summed E-state index contributed by atoms with van der Waals surface area (Å²) in [6.07, 6.45) is 0. The summed E-state index contributed by atoms with van der Waals surface area (Å²) >= 11 is 6.06. The largest absolute Gasteiger partial charge is 0.506 e. The van der Waals surface area contributed by atoms with Crippen LogP contribution in [0.3, 0.4) is 0 Å². The number of aromatic hydroxyl groups is 1. The lowest BCUT2D eigenvalue weighted by Crippen LogP contribution is -2.12. The van der Waals surface area contributed by atoms with Crippen LogP contribution in [0.2, 0.25) is 5.02 Å². The highest BCUT2D eigenvalue weighted by Crippen LogP contribution is 2.36. The number of carbonyl (C=O) groups excluding carboxylic acids is 1. The van der Waals surface area contributed by atoms with Gasteiger partial charge in [-0.25, -0.2) is 0 Å². The van der Waals surface area contributed by atoms with Gasteiger partial charge in [-0.2, -0.15) is 0 Å². The number of phenols is 1. The van der Waals surface area contributed by atoms with Gasteiger partial charge in [-0.15, -0.1) is 0 Å². The van der Waals surface area contributed by atoms with Gasteiger partial charge in [-0.3, -0.25) is 4.79 Å². The van der Waals surface area contributed by atoms with Crippen molar-refractivity contribution in [3.8, 4) is 17.2 Å². The van der Waals surface area contributed by atoms with Crippen molar-refractivity contribution in [3.05, 3.63) is 47.0 Å². The minimum Gasteiger partial charge on any atom is -0.506 e. The van der Waals surface area contributed by atoms with Crippen LogP contribution < -0.4 is 14.8 Å². The second-order valence-electron chi connectivity index (χ2n) is 4.16. The molecule has 0 heterocycles. The summed E-state index contributed by atoms with van der Waals surface area (Å²) in [5.74, 6) is 0.280. The predicted molar refractivity (Wildman–Crippen MR) is 80.6 cm³/mol. The van der Waals surface area contributed by atoms with Gasteiger partial charge in [0.25, 0.3) is 5.91 Å². The Kier molecular flexibility index (Phi) is 4.55. The van der Waals surface area contributed by atoms with Crippen molar-refractivity contribution in [3.63, 3.8) is 0 Å². The van der Waals surface area contributed by atoms with E-state index in [0.29, 0.717) is 22.7 Å². The van der Waals surface area contributed by atoms with E-state index in [1.54, 1.807) is 18.2 Å². The van der Waals surface area contributed by atoms with E-state index in [0.717, 1.165) is 0 Å². The molecule has 0 aliphatic heterocycles. The Balaban J connectivity index is 2.32. The van der Waals surface area contributed by atoms with Crippen LogP contribution in [0.25, 0.3) is 0 Å². The van der Waals surface area contributed by atoms with Crippen LogP contribution in [0, 0.1) is 0 Å². The molecule has 0 fully saturated rings. The third kappa shape index (κ3) is 3.20. The molecule has 0 radical (unpaired) electrons. The van der Waals surface area contributed by atoms with Gasteiger partial charge in [0.15, 0.2) is 11.5 Å². The van der Waals surface area contributed by atoms with Gasteiger partial charge in [0, 0.05) is 5.56 Å². The average molecular weight is 308 g/mol. The van der Waals surface area contributed by atoms with E-state index < -0.39 is 5.91 Å². The number of anilines is 1. The van der Waals surface area contributed by atoms with Crippen molar-refractivity contribution in [1.82, 2.24) is 0 Å². The molecule has 5 nitrogen and oxygen atoms in total. The monoisotopic (exact) mass is 307 g/mol. The zero-order valence-corrected chi connectivity index (χ0v) is 12.3. The van der Waals surface area contributed by atoms with Crippen molar-refractivity contribution in [2.45, 2.75) is 0 Å². The summed E-state index contributed by atoms with van der Waals surface area (Å²) in [7, 11) is 2.92. The number of rotatable bonds is 4. The van der Waals surface area contributed by atoms with Crippen molar-refractivity contribution in [1.29, 1.82) is 0 Å². The molecule has 0 saturated carbocycles. The number of hydrogen-bond donors (Lipinski definition) is 2. The van der Waals surface area contributed by atoms with E-state index in [-0.39, 0.29) is 10.8 Å². The average Bonchev–Trinajstić information content (AvgIpc) is 2.48. The van der Waals surface area contributed by atoms with Crippen LogP contribution in [-0.2, 0) is 0 Å². The summed E-state index contributed by atoms with van der Waals surface area (Å²) < 4.78 is 10.3. The molecule has 2 aromatic carbocycles. The molecule has 6 heteroatoms. The fraction of sp³-hybridized carbons (Fsp3) is 0.133. The number of ether oxygens (including phenoxy) is 2. The molecule has 0 aromatic heterocycles. The van der Waals surface area contributed by atoms with Crippen LogP contribution >= 0.6 is 11.6 Å². The lowest BCUT2D eigenvalue weighted by molar-refractivity contribution is 0.102. The predicted octanol–water partition coefficient (Wildman–Crippen LogP) is 3.32. The number of methoxy groups -OCH3 is 2. The standard InChI is InChI=1S/C15H14ClNO4/c1-20-13-8-9(7-10(16)14(13)21-2)15(19)17-11-5-3-4-6-12(11)18/h3-8,18H,1-2H3,(H,17,19). The minimum absolute atomic E-state index is 0.0163. The Morgan fingerprint density at radius 1 is 1.19 bits per heavy atom. The van der Waals surface area contributed by atoms with Crippen molar-refractivity contribution in [2.75, 3.05) is 19.5 Å². The summed E-state index contributed by atoms with van der Waals surface area (Å²) in [4.78, 5) is 12.2. The van der Waals surface area contributed by atoms with E-state index in [1.165, 1.54) is 32.4 Å². The first kappa shape index (κ1) is 15.0. The second-order valence-corrected chi connectivity index (χ2v) is 4.57. The minimum atomic E-state index is -0.417. The Labute approximate surface area is 127 Å². The van der Waals surface area contributed by atoms with Crippen LogP contribution in [0.15, 0.2) is 36.4 Å². The Morgan fingerprint density at radius 3 is 2.52 bits per heavy atom. The third-order valence-electron chi connectivity index (χ3n) is 2.85. The maximum atomic E-state index is 12.2. The first-order valence-corrected chi connectivity index (χ1v) is 6.45. The van der Waals surface area contributed by atoms with Crippen molar-refractivity contribution >= 4 is 23.2 Å². The molecule has 2 aromatic rings. The lowest BCUT2D eigenvalue weighted by Gasteiger charge is -2.12. The fourth-order valence-corrected chi connectivity index (χ4v) is 2.11. The number of halogens is 1. The second kappa shape index (κ2) is 6.37. The summed E-state index contributed by atoms with van der Waals surface area (Å²) in [6, 6.07) is 9.43. The summed E-state index contributed by atoms with van der Waals surface area (Å²) in [6.45, 7) is 0. The molecule has 0 atom stereocenters. The number of benzene rings is 2. The molecule has 0 saturated heterocycles. The van der Waals surface area contributed by atoms with Gasteiger partial charge in [-0.05, 0) is 24.3 Å². The van der Waals surface area contributed by atoms with E-state index >= 15 is 0 Å². The van der Waals surface area contributed by atoms with Gasteiger partial charge in [0.2, 0.25) is 0 Å². The highest BCUT2D eigenvalue weighted by Gasteiger charge is 2.16. The number of phenolic OH excluding ortho intramolecular Hbond substituents is 1. The smallest absolute Gasteiger partial charge is 0.255 e. The van der Waals surface area contributed by atoms with Gasteiger partial charge in [0.1, 0.15) is 5.75 Å². The highest BCUT2D eigenvalue weighted by atomic mass is 35.5. The van der Waals surface area contributed by atoms with E-state index in [2.05, 4.69) is 5.32 Å². The van der Waals surface area contributed by atoms with Crippen LogP contribution in [-0.4, -0.2) is 25.2 Å². The Morgan fingerprint density at radius 2 is 1.90 bits per heavy atom. The number of amides is 1. The summed E-state index contributed by atoms with van der Waals surface area (Å²) in [5.41, 5.74) is 0.606. The molecular weight excluding hydrogens is 294 g/mol. The van der Waals surface area contributed by atoms with E-state index in [9.17, 15) is 9.90 Å². The molecule has 1 amide bonds. The van der Waals surface area contributed by atoms with Crippen molar-refractivity contribution < 1.29 is 19.4 Å². The fourth-order valence-electron chi connectivity index (χ4n) is 1.82. The van der Waals surface area contributed by atoms with Crippen LogP contribution in [0.1, 0.15) is 10.4 Å². The molecular formula is C15H14ClNO4. The van der Waals surface area contributed by atoms with E-state index in [1.807, 2.05) is 0 Å². The van der Waals surface area contributed by atoms with Gasteiger partial charge in [0.05, 0.1) is 24.9 Å². The van der Waals surface area contributed by atoms with E-state index in [4.69, 9.17) is 21.1 Å². The topological polar surface area (TPSA) is 67.8 Å². The molecule has 2 rings (SSSR count). The number of para-hydroxylation sites is 2.